The molecule has 2 unspecified atom stereocenters. The van der Waals surface area contributed by atoms with Crippen LogP contribution in [0.4, 0.5) is 8.78 Å². The topological polar surface area (TPSA) is 24.5 Å². The second-order valence-corrected chi connectivity index (χ2v) is 5.46. The number of nitrogens with one attached hydrogen (secondary N) is 1. The van der Waals surface area contributed by atoms with Crippen LogP contribution in [0.2, 0.25) is 0 Å². The van der Waals surface area contributed by atoms with Gasteiger partial charge in [-0.15, -0.1) is 0 Å². The second kappa shape index (κ2) is 8.02. The number of morpholine rings is 1. The molecule has 0 aromatic carbocycles. The average Bonchev–Trinajstić information content (AvgIpc) is 2.34. The van der Waals surface area contributed by atoms with Crippen LogP contribution < -0.4 is 5.32 Å². The van der Waals surface area contributed by atoms with Crippen LogP contribution in [0.15, 0.2) is 0 Å². The fraction of sp³-hybridized carbons (Fsp3) is 1.00. The Morgan fingerprint density at radius 1 is 1.17 bits per heavy atom. The van der Waals surface area contributed by atoms with E-state index in [-0.39, 0.29) is 0 Å². The predicted molar refractivity (Wildman–Crippen MR) is 69.1 cm³/mol. The summed E-state index contributed by atoms with van der Waals surface area (Å²) in [5.41, 5.74) is 0. The predicted octanol–water partition coefficient (Wildman–Crippen LogP) is 1.98. The van der Waals surface area contributed by atoms with Crippen molar-refractivity contribution >= 4 is 0 Å². The van der Waals surface area contributed by atoms with E-state index >= 15 is 0 Å². The van der Waals surface area contributed by atoms with Crippen LogP contribution in [0.25, 0.3) is 0 Å². The van der Waals surface area contributed by atoms with E-state index in [4.69, 9.17) is 4.74 Å². The van der Waals surface area contributed by atoms with Crippen LogP contribution in [0, 0.1) is 5.92 Å². The maximum absolute atomic E-state index is 12.5. The van der Waals surface area contributed by atoms with Gasteiger partial charge in [-0.3, -0.25) is 4.90 Å². The summed E-state index contributed by atoms with van der Waals surface area (Å²) in [6.07, 6.45) is -1.27. The molecule has 3 nitrogen and oxygen atoms in total. The quantitative estimate of drug-likeness (QED) is 0.761. The van der Waals surface area contributed by atoms with E-state index in [1.165, 1.54) is 6.92 Å². The van der Waals surface area contributed by atoms with Gasteiger partial charge < -0.3 is 10.1 Å². The summed E-state index contributed by atoms with van der Waals surface area (Å²) in [6, 6.07) is -0.407. The molecule has 0 amide bonds. The zero-order valence-electron chi connectivity index (χ0n) is 11.7. The molecule has 0 radical (unpaired) electrons. The Kier molecular flexibility index (Phi) is 7.04. The Hall–Kier alpha value is -0.260. The monoisotopic (exact) mass is 264 g/mol. The highest BCUT2D eigenvalue weighted by atomic mass is 19.3. The molecule has 1 N–H and O–H groups in total. The van der Waals surface area contributed by atoms with Gasteiger partial charge in [-0.2, -0.15) is 0 Å². The van der Waals surface area contributed by atoms with Gasteiger partial charge >= 0.3 is 0 Å². The van der Waals surface area contributed by atoms with E-state index in [1.807, 2.05) is 0 Å². The minimum atomic E-state index is -2.30. The third kappa shape index (κ3) is 5.59. The summed E-state index contributed by atoms with van der Waals surface area (Å²) in [5.74, 6) is 0.571. The van der Waals surface area contributed by atoms with Crippen LogP contribution in [0.3, 0.4) is 0 Å². The molecule has 18 heavy (non-hydrogen) atoms. The zero-order chi connectivity index (χ0) is 13.5. The summed E-state index contributed by atoms with van der Waals surface area (Å²) in [6.45, 7) is 9.82. The zero-order valence-corrected chi connectivity index (χ0v) is 11.7. The van der Waals surface area contributed by atoms with Crippen molar-refractivity contribution in [2.75, 3.05) is 32.8 Å². The van der Waals surface area contributed by atoms with Gasteiger partial charge in [0.1, 0.15) is 0 Å². The van der Waals surface area contributed by atoms with Gasteiger partial charge in [-0.1, -0.05) is 13.8 Å². The van der Waals surface area contributed by atoms with Crippen molar-refractivity contribution in [3.8, 4) is 0 Å². The first-order chi connectivity index (χ1) is 8.50. The van der Waals surface area contributed by atoms with Gasteiger partial charge in [0, 0.05) is 25.7 Å². The fourth-order valence-corrected chi connectivity index (χ4v) is 2.26. The standard InChI is InChI=1S/C13H26F2N2O/c1-10(2)8-12(9-16-11(3)13(14)15)17-4-6-18-7-5-17/h10-13,16H,4-9H2,1-3H3. The summed E-state index contributed by atoms with van der Waals surface area (Å²) < 4.78 is 30.3. The molecule has 1 heterocycles. The Morgan fingerprint density at radius 2 is 1.78 bits per heavy atom. The normalized spacial score (nSPS) is 21.5. The lowest BCUT2D eigenvalue weighted by molar-refractivity contribution is 0.00980. The van der Waals surface area contributed by atoms with E-state index in [9.17, 15) is 8.78 Å². The Morgan fingerprint density at radius 3 is 2.28 bits per heavy atom. The molecule has 5 heteroatoms. The number of alkyl halides is 2. The fourth-order valence-electron chi connectivity index (χ4n) is 2.26. The summed E-state index contributed by atoms with van der Waals surface area (Å²) in [4.78, 5) is 2.36. The highest BCUT2D eigenvalue weighted by Crippen LogP contribution is 2.13. The number of nitrogens with zero attached hydrogens (tertiary/aromatic N) is 1. The Balaban J connectivity index is 2.44. The molecule has 0 aromatic rings. The van der Waals surface area contributed by atoms with Crippen molar-refractivity contribution in [1.29, 1.82) is 0 Å². The molecule has 1 fully saturated rings. The first-order valence-electron chi connectivity index (χ1n) is 6.84. The van der Waals surface area contributed by atoms with Gasteiger partial charge in [0.15, 0.2) is 0 Å². The minimum absolute atomic E-state index is 0.329. The molecule has 0 aliphatic carbocycles. The molecule has 2 atom stereocenters. The highest BCUT2D eigenvalue weighted by molar-refractivity contribution is 4.79. The summed E-state index contributed by atoms with van der Waals surface area (Å²) in [7, 11) is 0. The molecule has 1 aliphatic heterocycles. The molecule has 108 valence electrons. The van der Waals surface area contributed by atoms with Crippen molar-refractivity contribution in [1.82, 2.24) is 10.2 Å². The molecular formula is C13H26F2N2O. The van der Waals surface area contributed by atoms with Crippen molar-refractivity contribution in [2.24, 2.45) is 5.92 Å². The molecule has 0 spiro atoms. The molecule has 1 rings (SSSR count). The second-order valence-electron chi connectivity index (χ2n) is 5.46. The molecular weight excluding hydrogens is 238 g/mol. The van der Waals surface area contributed by atoms with E-state index < -0.39 is 12.5 Å². The minimum Gasteiger partial charge on any atom is -0.379 e. The molecule has 1 saturated heterocycles. The maximum Gasteiger partial charge on any atom is 0.253 e. The van der Waals surface area contributed by atoms with Crippen LogP contribution in [-0.2, 0) is 4.74 Å². The van der Waals surface area contributed by atoms with Crippen LogP contribution >= 0.6 is 0 Å². The van der Waals surface area contributed by atoms with Gasteiger partial charge in [0.05, 0.1) is 19.3 Å². The van der Waals surface area contributed by atoms with Crippen molar-refractivity contribution in [3.63, 3.8) is 0 Å². The number of halogens is 2. The van der Waals surface area contributed by atoms with Crippen molar-refractivity contribution in [3.05, 3.63) is 0 Å². The Bertz CT molecular complexity index is 221. The van der Waals surface area contributed by atoms with E-state index in [2.05, 4.69) is 24.1 Å². The van der Waals surface area contributed by atoms with Gasteiger partial charge in [-0.05, 0) is 19.3 Å². The van der Waals surface area contributed by atoms with Crippen LogP contribution in [0.1, 0.15) is 27.2 Å². The first-order valence-corrected chi connectivity index (χ1v) is 6.84. The average molecular weight is 264 g/mol. The summed E-state index contributed by atoms with van der Waals surface area (Å²) >= 11 is 0. The number of ether oxygens (including phenoxy) is 1. The molecule has 0 bridgehead atoms. The number of hydrogen-bond acceptors (Lipinski definition) is 3. The van der Waals surface area contributed by atoms with Gasteiger partial charge in [0.2, 0.25) is 0 Å². The van der Waals surface area contributed by atoms with E-state index in [0.717, 1.165) is 32.7 Å². The van der Waals surface area contributed by atoms with Crippen molar-refractivity contribution in [2.45, 2.75) is 45.7 Å². The largest absolute Gasteiger partial charge is 0.379 e. The number of hydrogen-bond donors (Lipinski definition) is 1. The lowest BCUT2D eigenvalue weighted by atomic mass is 10.0. The van der Waals surface area contributed by atoms with Gasteiger partial charge in [-0.25, -0.2) is 8.78 Å². The highest BCUT2D eigenvalue weighted by Gasteiger charge is 2.23. The summed E-state index contributed by atoms with van der Waals surface area (Å²) in [5, 5.41) is 2.95. The first kappa shape index (κ1) is 15.8. The van der Waals surface area contributed by atoms with Crippen LogP contribution in [0.5, 0.6) is 0 Å². The SMILES string of the molecule is CC(C)CC(CNC(C)C(F)F)N1CCOCC1. The van der Waals surface area contributed by atoms with Crippen LogP contribution in [-0.4, -0.2) is 56.3 Å². The maximum atomic E-state index is 12.5. The number of rotatable bonds is 7. The Labute approximate surface area is 109 Å². The van der Waals surface area contributed by atoms with Gasteiger partial charge in [0.25, 0.3) is 6.43 Å². The van der Waals surface area contributed by atoms with E-state index in [1.54, 1.807) is 0 Å². The third-order valence-electron chi connectivity index (χ3n) is 3.36. The molecule has 0 saturated carbocycles. The van der Waals surface area contributed by atoms with E-state index in [0.29, 0.717) is 18.5 Å². The lowest BCUT2D eigenvalue weighted by Crippen LogP contribution is -2.50. The lowest BCUT2D eigenvalue weighted by Gasteiger charge is -2.36. The third-order valence-corrected chi connectivity index (χ3v) is 3.36. The molecule has 0 aromatic heterocycles. The molecule has 1 aliphatic rings. The smallest absolute Gasteiger partial charge is 0.253 e. The van der Waals surface area contributed by atoms with Crippen molar-refractivity contribution < 1.29 is 13.5 Å².